The molecule has 100 heavy (non-hydrogen) atoms. The number of amides is 3. The van der Waals surface area contributed by atoms with E-state index in [4.69, 9.17) is 66.3 Å². The molecule has 0 saturated heterocycles. The lowest BCUT2D eigenvalue weighted by atomic mass is 10.1. The van der Waals surface area contributed by atoms with Gasteiger partial charge in [0.05, 0.1) is 58.4 Å². The van der Waals surface area contributed by atoms with Crippen molar-refractivity contribution in [2.24, 2.45) is 0 Å². The molecule has 3 aromatic carbocycles. The molecule has 0 fully saturated rings. The molecular weight excluding hydrogens is 1410 g/mol. The number of ether oxygens (including phenoxy) is 1. The number of hydrogen-bond acceptors (Lipinski definition) is 22. The summed E-state index contributed by atoms with van der Waals surface area (Å²) in [6, 6.07) is 28.2. The number of aromatic nitrogens is 15. The van der Waals surface area contributed by atoms with E-state index in [0.717, 1.165) is 99.9 Å². The SMILES string of the molecule is C.COC(=O)c1nc(C(=O)NCc2c(C)cc(N)nc2C)nn1Cc1ccc2ncc(Cl)cc2c1.Cc1cc(N)nc(C)c1CNC(=O)c1nc(Br)n(Cc2ccc3ncc(Cl)cc3c2)n1.Cc1cc(N)nc(C)c1CNC(=O)c1nc(C)n(Cc2ccc3ncc(Cl)cc3c2)n1.O=C=O. The van der Waals surface area contributed by atoms with Crippen LogP contribution < -0.4 is 33.2 Å². The molecule has 0 unspecified atom stereocenters. The van der Waals surface area contributed by atoms with Crippen LogP contribution in [0.25, 0.3) is 32.7 Å². The van der Waals surface area contributed by atoms with E-state index in [1.54, 1.807) is 52.2 Å². The Morgan fingerprint density at radius 3 is 1.18 bits per heavy atom. The molecule has 32 heteroatoms. The van der Waals surface area contributed by atoms with Gasteiger partial charge in [0, 0.05) is 71.5 Å². The molecule has 0 saturated carbocycles. The summed E-state index contributed by atoms with van der Waals surface area (Å²) in [5, 5.41) is 25.9. The summed E-state index contributed by atoms with van der Waals surface area (Å²) < 4.78 is 9.94. The Morgan fingerprint density at radius 1 is 0.480 bits per heavy atom. The van der Waals surface area contributed by atoms with Crippen molar-refractivity contribution in [1.29, 1.82) is 0 Å². The van der Waals surface area contributed by atoms with E-state index in [-0.39, 0.29) is 61.8 Å². The summed E-state index contributed by atoms with van der Waals surface area (Å²) in [6.45, 7) is 15.1. The predicted octanol–water partition coefficient (Wildman–Crippen LogP) is 10.1. The van der Waals surface area contributed by atoms with E-state index in [2.05, 4.69) is 92.0 Å². The second kappa shape index (κ2) is 33.3. The van der Waals surface area contributed by atoms with Gasteiger partial charge >= 0.3 is 12.1 Å². The molecule has 0 bridgehead atoms. The lowest BCUT2D eigenvalue weighted by Crippen LogP contribution is -2.25. The van der Waals surface area contributed by atoms with Gasteiger partial charge in [-0.05, 0) is 187 Å². The van der Waals surface area contributed by atoms with Gasteiger partial charge in [-0.1, -0.05) is 60.4 Å². The molecule has 0 aliphatic rings. The molecule has 28 nitrogen and oxygen atoms in total. The van der Waals surface area contributed by atoms with Gasteiger partial charge in [-0.3, -0.25) is 29.3 Å². The van der Waals surface area contributed by atoms with Crippen LogP contribution in [0, 0.1) is 48.5 Å². The first kappa shape index (κ1) is 74.6. The molecule has 0 radical (unpaired) electrons. The van der Waals surface area contributed by atoms with Crippen LogP contribution in [-0.2, 0) is 53.6 Å². The summed E-state index contributed by atoms with van der Waals surface area (Å²) in [7, 11) is 1.24. The summed E-state index contributed by atoms with van der Waals surface area (Å²) in [4.78, 5) is 105. The number of fused-ring (bicyclic) bond motifs is 3. The number of anilines is 3. The predicted molar refractivity (Wildman–Crippen MR) is 381 cm³/mol. The molecule has 0 aliphatic carbocycles. The van der Waals surface area contributed by atoms with Crippen LogP contribution in [0.5, 0.6) is 0 Å². The first-order valence-electron chi connectivity index (χ1n) is 30.0. The van der Waals surface area contributed by atoms with Gasteiger partial charge in [-0.2, -0.15) is 19.6 Å². The fraction of sp³-hybridized carbons (Fsp3) is 0.221. The highest BCUT2D eigenvalue weighted by Crippen LogP contribution is 2.24. The largest absolute Gasteiger partial charge is 0.463 e. The Kier molecular flexibility index (Phi) is 24.9. The summed E-state index contributed by atoms with van der Waals surface area (Å²) >= 11 is 21.5. The number of rotatable bonds is 16. The fourth-order valence-electron chi connectivity index (χ4n) is 10.5. The molecule has 9 aromatic heterocycles. The number of halogens is 4. The molecular formula is C68H67BrCl3N21O7. The maximum Gasteiger partial charge on any atom is 0.375 e. The Labute approximate surface area is 596 Å². The maximum atomic E-state index is 12.8. The van der Waals surface area contributed by atoms with Crippen molar-refractivity contribution in [3.63, 3.8) is 0 Å². The molecule has 3 amide bonds. The van der Waals surface area contributed by atoms with E-state index in [1.807, 2.05) is 115 Å². The van der Waals surface area contributed by atoms with E-state index >= 15 is 0 Å². The lowest BCUT2D eigenvalue weighted by Gasteiger charge is -2.10. The smallest absolute Gasteiger partial charge is 0.375 e. The number of carbonyl (C=O) groups is 4. The van der Waals surface area contributed by atoms with Crippen LogP contribution in [0.15, 0.2) is 114 Å². The highest BCUT2D eigenvalue weighted by molar-refractivity contribution is 9.10. The average molecular weight is 1480 g/mol. The minimum absolute atomic E-state index is 0. The number of methoxy groups -OCH3 is 1. The number of nitrogens with one attached hydrogen (secondary N) is 3. The number of carbonyl (C=O) groups excluding carboxylic acids is 6. The van der Waals surface area contributed by atoms with Crippen molar-refractivity contribution in [1.82, 2.24) is 90.1 Å². The zero-order valence-electron chi connectivity index (χ0n) is 54.4. The monoisotopic (exact) mass is 1470 g/mol. The van der Waals surface area contributed by atoms with Gasteiger partial charge in [-0.15, -0.1) is 15.3 Å². The van der Waals surface area contributed by atoms with Crippen molar-refractivity contribution in [3.8, 4) is 0 Å². The van der Waals surface area contributed by atoms with Gasteiger partial charge in [-0.25, -0.2) is 38.8 Å². The fourth-order valence-corrected chi connectivity index (χ4v) is 11.3. The van der Waals surface area contributed by atoms with Gasteiger partial charge in [0.25, 0.3) is 17.7 Å². The summed E-state index contributed by atoms with van der Waals surface area (Å²) in [5.41, 5.74) is 30.4. The van der Waals surface area contributed by atoms with Crippen LogP contribution in [0.2, 0.25) is 15.1 Å². The van der Waals surface area contributed by atoms with E-state index in [9.17, 15) is 19.2 Å². The topological polar surface area (TPSA) is 395 Å². The Morgan fingerprint density at radius 2 is 0.810 bits per heavy atom. The molecule has 0 spiro atoms. The molecule has 9 N–H and O–H groups in total. The molecule has 0 atom stereocenters. The van der Waals surface area contributed by atoms with Gasteiger partial charge in [0.1, 0.15) is 23.3 Å². The van der Waals surface area contributed by atoms with Gasteiger partial charge in [0.15, 0.2) is 4.73 Å². The average Bonchev–Trinajstić information content (AvgIpc) is 1.43. The highest BCUT2D eigenvalue weighted by atomic mass is 79.9. The molecule has 0 aliphatic heterocycles. The number of nitrogens with two attached hydrogens (primary N) is 3. The first-order chi connectivity index (χ1) is 47.3. The van der Waals surface area contributed by atoms with Crippen molar-refractivity contribution < 1.29 is 33.5 Å². The minimum Gasteiger partial charge on any atom is -0.463 e. The van der Waals surface area contributed by atoms with Gasteiger partial charge in [0.2, 0.25) is 23.3 Å². The Bertz CT molecular complexity index is 4850. The van der Waals surface area contributed by atoms with E-state index in [0.29, 0.717) is 69.3 Å². The van der Waals surface area contributed by atoms with Crippen molar-refractivity contribution in [2.45, 2.75) is 95.2 Å². The zero-order valence-corrected chi connectivity index (χ0v) is 58.3. The van der Waals surface area contributed by atoms with Crippen molar-refractivity contribution in [2.75, 3.05) is 24.3 Å². The molecule has 12 rings (SSSR count). The summed E-state index contributed by atoms with van der Waals surface area (Å²) in [6.07, 6.45) is 5.07. The minimum atomic E-state index is -0.702. The molecule has 514 valence electrons. The lowest BCUT2D eigenvalue weighted by molar-refractivity contribution is -0.191. The second-order valence-electron chi connectivity index (χ2n) is 22.4. The number of esters is 1. The number of pyridine rings is 6. The summed E-state index contributed by atoms with van der Waals surface area (Å²) in [5.74, 6) is 0.0165. The maximum absolute atomic E-state index is 12.8. The third kappa shape index (κ3) is 18.9. The third-order valence-corrected chi connectivity index (χ3v) is 16.5. The van der Waals surface area contributed by atoms with Crippen molar-refractivity contribution in [3.05, 3.63) is 226 Å². The van der Waals surface area contributed by atoms with Crippen LogP contribution in [0.4, 0.5) is 17.5 Å². The standard InChI is InChI=1S/C23H22ClN7O3.C22H22ClN7O.C21H19BrClN7O.CO2.CH4/c1-12-6-19(25)28-13(2)17(12)10-27-22(32)20-29-21(23(33)34-3)31(30-20)11-14-4-5-18-15(7-14)8-16(24)9-26-18;1-12-6-20(24)27-13(2)18(12)10-26-22(31)21-28-14(3)30(29-21)11-15-4-5-19-16(7-15)8-17(23)9-25-19;1-11-5-18(24)27-12(2)16(11)9-26-20(31)19-28-21(22)30(29-19)10-13-3-4-17-14(6-13)7-15(23)8-25-17;2-1-3;/h4-9H,10-11H2,1-3H3,(H2,25,28)(H,27,32);4-9H,10-11H2,1-3H3,(H2,24,27)(H,26,31);3-8H,9-10H2,1-2H3,(H2,24,27)(H,26,31);;1H4. The quantitative estimate of drug-likeness (QED) is 0.0490. The van der Waals surface area contributed by atoms with Crippen LogP contribution >= 0.6 is 50.7 Å². The number of aryl methyl sites for hydroxylation is 7. The number of benzene rings is 3. The highest BCUT2D eigenvalue weighted by Gasteiger charge is 2.24. The van der Waals surface area contributed by atoms with Crippen LogP contribution in [0.1, 0.15) is 123 Å². The number of nitrogens with zero attached hydrogens (tertiary/aromatic N) is 15. The first-order valence-corrected chi connectivity index (χ1v) is 31.9. The Hall–Kier alpha value is -11.2. The third-order valence-electron chi connectivity index (χ3n) is 15.3. The van der Waals surface area contributed by atoms with Crippen LogP contribution in [0.3, 0.4) is 0 Å². The zero-order chi connectivity index (χ0) is 71.4. The van der Waals surface area contributed by atoms with Crippen LogP contribution in [-0.4, -0.2) is 111 Å². The molecule has 12 aromatic rings. The van der Waals surface area contributed by atoms with Gasteiger partial charge < -0.3 is 37.9 Å². The second-order valence-corrected chi connectivity index (χ2v) is 24.4. The van der Waals surface area contributed by atoms with E-state index < -0.39 is 11.9 Å². The number of hydrogen-bond donors (Lipinski definition) is 6. The molecule has 9 heterocycles. The normalized spacial score (nSPS) is 10.7. The van der Waals surface area contributed by atoms with Crippen molar-refractivity contribution >= 4 is 131 Å². The van der Waals surface area contributed by atoms with E-state index in [1.165, 1.54) is 11.8 Å². The Balaban J connectivity index is 0.000000186. The number of nitrogen functional groups attached to an aromatic ring is 3.